The number of nitrogens with two attached hydrogens (primary N) is 1. The first-order valence-corrected chi connectivity index (χ1v) is 6.59. The summed E-state index contributed by atoms with van der Waals surface area (Å²) in [5, 5.41) is 2.96. The molecule has 2 heterocycles. The minimum atomic E-state index is -0.458. The standard InChI is InChI=1S/C13H17N5O2/c1-7(12(19)15-8-3-4-8)18-11-9(16-13(18)14)5-6-10(17-11)20-2/h5-8H,3-4H2,1-2H3,(H2,14,16)(H,15,19). The number of hydrogen-bond acceptors (Lipinski definition) is 5. The van der Waals surface area contributed by atoms with Gasteiger partial charge in [-0.25, -0.2) is 4.98 Å². The molecular formula is C13H17N5O2. The lowest BCUT2D eigenvalue weighted by molar-refractivity contribution is -0.123. The Hall–Kier alpha value is -2.31. The minimum Gasteiger partial charge on any atom is -0.481 e. The summed E-state index contributed by atoms with van der Waals surface area (Å²) in [5.74, 6) is 0.677. The Labute approximate surface area is 116 Å². The predicted octanol–water partition coefficient (Wildman–Crippen LogP) is 0.862. The zero-order valence-electron chi connectivity index (χ0n) is 11.5. The minimum absolute atomic E-state index is 0.0666. The van der Waals surface area contributed by atoms with E-state index in [0.29, 0.717) is 23.1 Å². The van der Waals surface area contributed by atoms with E-state index in [2.05, 4.69) is 15.3 Å². The fourth-order valence-corrected chi connectivity index (χ4v) is 2.14. The lowest BCUT2D eigenvalue weighted by Gasteiger charge is -2.15. The summed E-state index contributed by atoms with van der Waals surface area (Å²) in [4.78, 5) is 20.7. The summed E-state index contributed by atoms with van der Waals surface area (Å²) < 4.78 is 6.74. The van der Waals surface area contributed by atoms with Crippen LogP contribution in [0.1, 0.15) is 25.8 Å². The van der Waals surface area contributed by atoms with Crippen LogP contribution in [0.25, 0.3) is 11.2 Å². The van der Waals surface area contributed by atoms with E-state index in [0.717, 1.165) is 12.8 Å². The molecule has 7 heteroatoms. The number of nitrogens with zero attached hydrogens (tertiary/aromatic N) is 3. The van der Waals surface area contributed by atoms with Crippen molar-refractivity contribution in [2.24, 2.45) is 0 Å². The fraction of sp³-hybridized carbons (Fsp3) is 0.462. The Bertz CT molecular complexity index is 662. The van der Waals surface area contributed by atoms with Gasteiger partial charge in [-0.15, -0.1) is 0 Å². The van der Waals surface area contributed by atoms with Gasteiger partial charge in [0.25, 0.3) is 0 Å². The van der Waals surface area contributed by atoms with Crippen LogP contribution in [-0.4, -0.2) is 33.6 Å². The van der Waals surface area contributed by atoms with Gasteiger partial charge in [-0.2, -0.15) is 4.98 Å². The van der Waals surface area contributed by atoms with E-state index in [-0.39, 0.29) is 11.9 Å². The Morgan fingerprint density at radius 3 is 2.90 bits per heavy atom. The highest BCUT2D eigenvalue weighted by atomic mass is 16.5. The monoisotopic (exact) mass is 275 g/mol. The molecule has 0 aromatic carbocycles. The lowest BCUT2D eigenvalue weighted by atomic mass is 10.3. The maximum absolute atomic E-state index is 12.2. The van der Waals surface area contributed by atoms with Gasteiger partial charge in [-0.3, -0.25) is 9.36 Å². The molecule has 1 aliphatic rings. The molecule has 3 rings (SSSR count). The van der Waals surface area contributed by atoms with Gasteiger partial charge >= 0.3 is 0 Å². The van der Waals surface area contributed by atoms with Crippen molar-refractivity contribution >= 4 is 23.0 Å². The number of rotatable bonds is 4. The summed E-state index contributed by atoms with van der Waals surface area (Å²) in [7, 11) is 1.54. The molecular weight excluding hydrogens is 258 g/mol. The van der Waals surface area contributed by atoms with Gasteiger partial charge in [0.05, 0.1) is 7.11 Å². The quantitative estimate of drug-likeness (QED) is 0.863. The number of fused-ring (bicyclic) bond motifs is 1. The molecule has 0 radical (unpaired) electrons. The number of imidazole rings is 1. The van der Waals surface area contributed by atoms with Gasteiger partial charge < -0.3 is 15.8 Å². The highest BCUT2D eigenvalue weighted by Crippen LogP contribution is 2.25. The number of ether oxygens (including phenoxy) is 1. The third-order valence-corrected chi connectivity index (χ3v) is 3.44. The van der Waals surface area contributed by atoms with E-state index in [1.165, 1.54) is 0 Å². The van der Waals surface area contributed by atoms with Crippen molar-refractivity contribution in [1.82, 2.24) is 19.9 Å². The molecule has 1 atom stereocenters. The first-order chi connectivity index (χ1) is 9.60. The topological polar surface area (TPSA) is 95.1 Å². The Morgan fingerprint density at radius 1 is 1.50 bits per heavy atom. The summed E-state index contributed by atoms with van der Waals surface area (Å²) in [5.41, 5.74) is 7.12. The largest absolute Gasteiger partial charge is 0.481 e. The van der Waals surface area contributed by atoms with Crippen molar-refractivity contribution in [1.29, 1.82) is 0 Å². The van der Waals surface area contributed by atoms with Crippen molar-refractivity contribution in [3.63, 3.8) is 0 Å². The third-order valence-electron chi connectivity index (χ3n) is 3.44. The first-order valence-electron chi connectivity index (χ1n) is 6.59. The molecule has 20 heavy (non-hydrogen) atoms. The molecule has 1 unspecified atom stereocenters. The summed E-state index contributed by atoms with van der Waals surface area (Å²) in [6, 6.07) is 3.34. The maximum atomic E-state index is 12.2. The molecule has 0 saturated heterocycles. The van der Waals surface area contributed by atoms with Gasteiger partial charge in [-0.1, -0.05) is 0 Å². The number of anilines is 1. The maximum Gasteiger partial charge on any atom is 0.243 e. The van der Waals surface area contributed by atoms with Gasteiger partial charge in [-0.05, 0) is 25.8 Å². The highest BCUT2D eigenvalue weighted by Gasteiger charge is 2.28. The van der Waals surface area contributed by atoms with Crippen LogP contribution in [0.15, 0.2) is 12.1 Å². The van der Waals surface area contributed by atoms with Crippen molar-refractivity contribution in [2.75, 3.05) is 12.8 Å². The van der Waals surface area contributed by atoms with Crippen molar-refractivity contribution in [2.45, 2.75) is 31.8 Å². The van der Waals surface area contributed by atoms with Gasteiger partial charge in [0.2, 0.25) is 17.7 Å². The summed E-state index contributed by atoms with van der Waals surface area (Å²) in [6.07, 6.45) is 2.09. The van der Waals surface area contributed by atoms with Crippen LogP contribution in [0.5, 0.6) is 5.88 Å². The van der Waals surface area contributed by atoms with Crippen LogP contribution >= 0.6 is 0 Å². The number of carbonyl (C=O) groups is 1. The molecule has 0 aliphatic heterocycles. The van der Waals surface area contributed by atoms with Crippen LogP contribution in [0, 0.1) is 0 Å². The molecule has 2 aromatic heterocycles. The SMILES string of the molecule is COc1ccc2nc(N)n(C(C)C(=O)NC3CC3)c2n1. The summed E-state index contributed by atoms with van der Waals surface area (Å²) in [6.45, 7) is 1.79. The van der Waals surface area contributed by atoms with E-state index in [9.17, 15) is 4.79 Å². The number of hydrogen-bond donors (Lipinski definition) is 2. The summed E-state index contributed by atoms with van der Waals surface area (Å²) >= 11 is 0. The zero-order chi connectivity index (χ0) is 14.3. The molecule has 106 valence electrons. The van der Waals surface area contributed by atoms with Crippen LogP contribution < -0.4 is 15.8 Å². The van der Waals surface area contributed by atoms with Crippen LogP contribution in [-0.2, 0) is 4.79 Å². The van der Waals surface area contributed by atoms with Gasteiger partial charge in [0, 0.05) is 12.1 Å². The lowest BCUT2D eigenvalue weighted by Crippen LogP contribution is -2.33. The van der Waals surface area contributed by atoms with E-state index in [1.807, 2.05) is 0 Å². The molecule has 1 aliphatic carbocycles. The van der Waals surface area contributed by atoms with Crippen LogP contribution in [0.3, 0.4) is 0 Å². The third kappa shape index (κ3) is 2.15. The van der Waals surface area contributed by atoms with E-state index in [1.54, 1.807) is 30.7 Å². The average molecular weight is 275 g/mol. The molecule has 1 fully saturated rings. The molecule has 0 spiro atoms. The average Bonchev–Trinajstić information content (AvgIpc) is 3.18. The molecule has 2 aromatic rings. The molecule has 3 N–H and O–H groups in total. The fourth-order valence-electron chi connectivity index (χ4n) is 2.14. The number of pyridine rings is 1. The molecule has 1 saturated carbocycles. The second-order valence-corrected chi connectivity index (χ2v) is 5.00. The Morgan fingerprint density at radius 2 is 2.25 bits per heavy atom. The number of nitrogens with one attached hydrogen (secondary N) is 1. The van der Waals surface area contributed by atoms with Crippen molar-refractivity contribution < 1.29 is 9.53 Å². The number of methoxy groups -OCH3 is 1. The molecule has 7 nitrogen and oxygen atoms in total. The number of aromatic nitrogens is 3. The second-order valence-electron chi connectivity index (χ2n) is 5.00. The van der Waals surface area contributed by atoms with E-state index in [4.69, 9.17) is 10.5 Å². The van der Waals surface area contributed by atoms with E-state index >= 15 is 0 Å². The van der Waals surface area contributed by atoms with E-state index < -0.39 is 6.04 Å². The molecule has 0 bridgehead atoms. The van der Waals surface area contributed by atoms with Gasteiger partial charge in [0.15, 0.2) is 5.65 Å². The normalized spacial score (nSPS) is 16.1. The number of nitrogen functional groups attached to an aromatic ring is 1. The zero-order valence-corrected chi connectivity index (χ0v) is 11.5. The number of carbonyl (C=O) groups excluding carboxylic acids is 1. The first kappa shape index (κ1) is 12.7. The van der Waals surface area contributed by atoms with Crippen molar-refractivity contribution in [3.8, 4) is 5.88 Å². The Balaban J connectivity index is 1.99. The van der Waals surface area contributed by atoms with Gasteiger partial charge in [0.1, 0.15) is 11.6 Å². The smallest absolute Gasteiger partial charge is 0.243 e. The van der Waals surface area contributed by atoms with Crippen molar-refractivity contribution in [3.05, 3.63) is 12.1 Å². The Kier molecular flexibility index (Phi) is 2.96. The number of amides is 1. The second kappa shape index (κ2) is 4.66. The molecule has 1 amide bonds. The highest BCUT2D eigenvalue weighted by molar-refractivity contribution is 5.84. The predicted molar refractivity (Wildman–Crippen MR) is 74.4 cm³/mol. The van der Waals surface area contributed by atoms with Crippen LogP contribution in [0.4, 0.5) is 5.95 Å². The van der Waals surface area contributed by atoms with Crippen LogP contribution in [0.2, 0.25) is 0 Å².